The molecule has 1 N–H and O–H groups in total. The smallest absolute Gasteiger partial charge is 0.331 e. The van der Waals surface area contributed by atoms with Crippen molar-refractivity contribution in [3.63, 3.8) is 0 Å². The molecule has 14 rings (SSSR count). The van der Waals surface area contributed by atoms with Crippen LogP contribution in [0.3, 0.4) is 0 Å². The summed E-state index contributed by atoms with van der Waals surface area (Å²) in [5.74, 6) is 4.39. The molecule has 2 heterocycles. The molecule has 16 nitrogen and oxygen atoms in total. The highest BCUT2D eigenvalue weighted by Crippen LogP contribution is 2.80. The van der Waals surface area contributed by atoms with Crippen LogP contribution in [-0.2, 0) is 52.5 Å². The molecule has 0 aromatic heterocycles. The highest BCUT2D eigenvalue weighted by molar-refractivity contribution is 6.66. The maximum atomic E-state index is 13.4. The third kappa shape index (κ3) is 16.6. The number of halogens is 1. The first-order valence-corrected chi connectivity index (χ1v) is 43.8. The molecule has 22 atom stereocenters. The van der Waals surface area contributed by atoms with Crippen LogP contribution in [0.1, 0.15) is 289 Å². The summed E-state index contributed by atoms with van der Waals surface area (Å²) < 4.78 is 52.0. The van der Waals surface area contributed by atoms with Crippen LogP contribution in [-0.4, -0.2) is 91.4 Å². The Morgan fingerprint density at radius 1 is 0.451 bits per heavy atom. The second kappa shape index (κ2) is 33.7. The molecule has 624 valence electrons. The number of carbonyl (C=O) groups is 6. The van der Waals surface area contributed by atoms with Gasteiger partial charge in [-0.2, -0.15) is 0 Å². The van der Waals surface area contributed by atoms with Crippen molar-refractivity contribution in [2.75, 3.05) is 26.4 Å². The molecule has 12 fully saturated rings. The van der Waals surface area contributed by atoms with Gasteiger partial charge in [0.1, 0.15) is 6.10 Å². The zero-order chi connectivity index (χ0) is 81.8. The molecule has 2 aromatic carbocycles. The second-order valence-electron chi connectivity index (χ2n) is 40.2. The average molecular weight is 1580 g/mol. The number of ether oxygens (including phenoxy) is 9. The van der Waals surface area contributed by atoms with Crippen molar-refractivity contribution in [1.29, 1.82) is 0 Å². The molecule has 2 unspecified atom stereocenters. The largest absolute Gasteiger partial charge is 0.459 e. The minimum Gasteiger partial charge on any atom is -0.459 e. The molecule has 10 saturated carbocycles. The summed E-state index contributed by atoms with van der Waals surface area (Å²) in [4.78, 5) is 69.2. The van der Waals surface area contributed by atoms with Gasteiger partial charge in [0, 0.05) is 52.4 Å². The maximum absolute atomic E-state index is 13.4. The third-order valence-corrected chi connectivity index (χ3v) is 33.9. The monoisotopic (exact) mass is 1580 g/mol. The van der Waals surface area contributed by atoms with E-state index >= 15 is 0 Å². The summed E-state index contributed by atoms with van der Waals surface area (Å²) in [5, 5.41) is 10.4. The van der Waals surface area contributed by atoms with Gasteiger partial charge in [-0.15, -0.1) is 0 Å². The van der Waals surface area contributed by atoms with Crippen molar-refractivity contribution in [2.24, 2.45) is 113 Å². The van der Waals surface area contributed by atoms with Crippen molar-refractivity contribution < 1.29 is 76.5 Å². The van der Waals surface area contributed by atoms with Gasteiger partial charge in [-0.25, -0.2) is 4.79 Å². The van der Waals surface area contributed by atoms with E-state index in [0.717, 1.165) is 89.3 Å². The topological polar surface area (TPSA) is 206 Å². The highest BCUT2D eigenvalue weighted by Gasteiger charge is 2.73. The average Bonchev–Trinajstić information content (AvgIpc) is 1.60. The van der Waals surface area contributed by atoms with Gasteiger partial charge >= 0.3 is 29.8 Å². The zero-order valence-electron chi connectivity index (χ0n) is 71.4. The molecule has 2 aliphatic heterocycles. The molecular formula is C96H137ClO16. The minimum absolute atomic E-state index is 0.0180. The van der Waals surface area contributed by atoms with E-state index in [-0.39, 0.29) is 86.2 Å². The zero-order valence-corrected chi connectivity index (χ0v) is 72.2. The van der Waals surface area contributed by atoms with Crippen LogP contribution in [0.5, 0.6) is 23.0 Å². The Hall–Kier alpha value is -5.49. The predicted molar refractivity (Wildman–Crippen MR) is 440 cm³/mol. The number of allylic oxidation sites excluding steroid dienone is 3. The Bertz CT molecular complexity index is 3930. The summed E-state index contributed by atoms with van der Waals surface area (Å²) in [6, 6.07) is 9.33. The number of hydrogen-bond donors (Lipinski definition) is 1. The molecule has 0 amide bonds. The summed E-state index contributed by atoms with van der Waals surface area (Å²) in [6.45, 7) is 47.7. The molecular weight excluding hydrogens is 1440 g/mol. The van der Waals surface area contributed by atoms with Crippen LogP contribution >= 0.6 is 11.6 Å². The lowest BCUT2D eigenvalue weighted by atomic mass is 9.32. The van der Waals surface area contributed by atoms with Crippen LogP contribution in [0.25, 0.3) is 12.2 Å². The quantitative estimate of drug-likeness (QED) is 0.0514. The molecule has 12 aliphatic rings. The predicted octanol–water partition coefficient (Wildman–Crippen LogP) is 21.5. The van der Waals surface area contributed by atoms with Crippen LogP contribution < -0.4 is 18.9 Å². The van der Waals surface area contributed by atoms with E-state index < -0.39 is 29.1 Å². The van der Waals surface area contributed by atoms with E-state index in [4.69, 9.17) is 54.2 Å². The number of hydrogen-bond acceptors (Lipinski definition) is 16. The second-order valence-corrected chi connectivity index (χ2v) is 40.6. The maximum Gasteiger partial charge on any atom is 0.331 e. The van der Waals surface area contributed by atoms with E-state index in [2.05, 4.69) is 96.2 Å². The lowest BCUT2D eigenvalue weighted by molar-refractivity contribution is -0.257. The molecule has 2 saturated heterocycles. The van der Waals surface area contributed by atoms with Crippen molar-refractivity contribution in [1.82, 2.24) is 0 Å². The Kier molecular flexibility index (Phi) is 25.9. The fraction of sp³-hybridized carbons (Fsp3) is 0.729. The van der Waals surface area contributed by atoms with Crippen molar-refractivity contribution in [3.05, 3.63) is 84.0 Å². The standard InChI is InChI=1S/C48H68O8.C35H58O3.C13H11ClO5/c1-30(2)34-19-24-48(29-53-42-12-10-11-27-52-42)26-25-46(8)35(43(34)48)15-17-39-45(7)22-21-40(44(5,6)38(45)20-23-47(39,46)9)56-41(51)18-14-33-13-16-36(54-31(3)49)37(28-33)55-32(4)50;1-23(2)24-13-18-35(22-38-29-10-8-9-21-37-29)20-19-33(6)25(30(24)35)11-12-27-32(5)16-15-28(36)31(3,4)26(32)14-17-34(27,33)7;1-8(15)18-11-5-3-10(4-6-13(14)17)7-12(11)19-9(2)16/h13-14,16,18,28,34-35,38-40,42-43H,1,10-12,15,17,19-27,29H2,2-9H3;24-30,36H,1,8-22H2,2-7H3;3-7H,1-2H3/b18-14+;;6-4+/t34-,35+,38-,39+,40-,42?,43+,45-,46+,47+,48+;24-,25+,26-,27+,28-,29?,30+,32-,33+,34+,35+;/m00./s1. The summed E-state index contributed by atoms with van der Waals surface area (Å²) in [5.41, 5.74) is 6.10. The first-order valence-electron chi connectivity index (χ1n) is 43.4. The SMILES string of the molecule is C=C(C)[C@@H]1CC[C@]2(COC3CCCCO3)CC[C@]3(C)[C@H](CC[C@@H]4[C@@]5(C)CC[C@H](O)C(C)(C)[C@@H]5CC[C@]43C)[C@@H]12.C=C(C)[C@@H]1CC[C@]2(COC3CCCCO3)CC[C@]3(C)[C@H](CC[C@@H]4[C@@]5(C)CC[C@H](OC(=O)/C=C/c6ccc(OC(C)=O)c(OC(C)=O)c6)C(C)(C)[C@@H]5CC[C@]43C)[C@@H]12.CC(=O)Oc1ccc(/C=C/C(=O)Cl)cc1OC(C)=O. The van der Waals surface area contributed by atoms with Crippen LogP contribution in [0.15, 0.2) is 72.9 Å². The number of esters is 5. The van der Waals surface area contributed by atoms with Gasteiger partial charge < -0.3 is 47.7 Å². The molecule has 0 bridgehead atoms. The Morgan fingerprint density at radius 2 is 0.867 bits per heavy atom. The molecule has 10 aliphatic carbocycles. The molecule has 113 heavy (non-hydrogen) atoms. The fourth-order valence-corrected chi connectivity index (χ4v) is 28.2. The number of aliphatic hydroxyl groups is 1. The number of carbonyl (C=O) groups excluding carboxylic acids is 6. The first kappa shape index (κ1) is 86.8. The third-order valence-electron chi connectivity index (χ3n) is 33.8. The number of benzene rings is 2. The van der Waals surface area contributed by atoms with Gasteiger partial charge in [0.2, 0.25) is 5.24 Å². The number of fused-ring (bicyclic) bond motifs is 14. The molecule has 0 spiro atoms. The lowest BCUT2D eigenvalue weighted by Gasteiger charge is -2.73. The molecule has 17 heteroatoms. The Balaban J connectivity index is 0.000000178. The van der Waals surface area contributed by atoms with Crippen molar-refractivity contribution >= 4 is 58.8 Å². The Labute approximate surface area is 680 Å². The van der Waals surface area contributed by atoms with Crippen molar-refractivity contribution in [3.8, 4) is 23.0 Å². The molecule has 0 radical (unpaired) electrons. The number of aliphatic hydroxyl groups excluding tert-OH is 1. The summed E-state index contributed by atoms with van der Waals surface area (Å²) in [6.07, 6.45) is 36.8. The van der Waals surface area contributed by atoms with Gasteiger partial charge in [0.05, 0.1) is 19.3 Å². The minimum atomic E-state index is -0.627. The van der Waals surface area contributed by atoms with Crippen molar-refractivity contribution in [2.45, 2.75) is 303 Å². The van der Waals surface area contributed by atoms with Gasteiger partial charge in [0.15, 0.2) is 35.6 Å². The fourth-order valence-electron chi connectivity index (χ4n) is 28.2. The molecule has 2 aromatic rings. The highest BCUT2D eigenvalue weighted by atomic mass is 35.5. The lowest BCUT2D eigenvalue weighted by Crippen LogP contribution is -2.67. The van der Waals surface area contributed by atoms with E-state index in [1.165, 1.54) is 185 Å². The van der Waals surface area contributed by atoms with E-state index in [0.29, 0.717) is 80.1 Å². The van der Waals surface area contributed by atoms with Crippen LogP contribution in [0, 0.1) is 113 Å². The summed E-state index contributed by atoms with van der Waals surface area (Å²) >= 11 is 5.17. The summed E-state index contributed by atoms with van der Waals surface area (Å²) in [7, 11) is 0. The van der Waals surface area contributed by atoms with E-state index in [1.807, 2.05) is 0 Å². The van der Waals surface area contributed by atoms with Crippen LogP contribution in [0.4, 0.5) is 0 Å². The first-order chi connectivity index (χ1) is 53.2. The van der Waals surface area contributed by atoms with E-state index in [9.17, 15) is 33.9 Å². The van der Waals surface area contributed by atoms with E-state index in [1.54, 1.807) is 30.3 Å². The van der Waals surface area contributed by atoms with Gasteiger partial charge in [-0.1, -0.05) is 112 Å². The Morgan fingerprint density at radius 3 is 1.27 bits per heavy atom. The van der Waals surface area contributed by atoms with Crippen LogP contribution in [0.2, 0.25) is 0 Å². The van der Waals surface area contributed by atoms with Gasteiger partial charge in [-0.3, -0.25) is 24.0 Å². The van der Waals surface area contributed by atoms with Gasteiger partial charge in [0.25, 0.3) is 0 Å². The van der Waals surface area contributed by atoms with Gasteiger partial charge in [-0.05, 0) is 348 Å². The number of rotatable bonds is 17. The normalized spacial score (nSPS) is 39.7.